The zero-order chi connectivity index (χ0) is 15.1. The molecule has 1 aromatic carbocycles. The van der Waals surface area contributed by atoms with Crippen molar-refractivity contribution in [3.8, 4) is 6.07 Å². The van der Waals surface area contributed by atoms with Crippen LogP contribution in [0.5, 0.6) is 0 Å². The fourth-order valence-electron chi connectivity index (χ4n) is 2.76. The van der Waals surface area contributed by atoms with Gasteiger partial charge in [0.15, 0.2) is 0 Å². The van der Waals surface area contributed by atoms with Gasteiger partial charge < -0.3 is 4.74 Å². The van der Waals surface area contributed by atoms with Gasteiger partial charge in [0, 0.05) is 26.2 Å². The lowest BCUT2D eigenvalue weighted by Gasteiger charge is -2.34. The molecule has 0 aromatic heterocycles. The largest absolute Gasteiger partial charge is 0.383 e. The van der Waals surface area contributed by atoms with E-state index < -0.39 is 5.54 Å². The lowest BCUT2D eigenvalue weighted by Crippen LogP contribution is -2.51. The molecule has 0 saturated heterocycles. The summed E-state index contributed by atoms with van der Waals surface area (Å²) in [5, 5.41) is 13.3. The molecule has 0 amide bonds. The molecular formula is C17H25N3O. The van der Waals surface area contributed by atoms with E-state index in [1.54, 1.807) is 7.11 Å². The first-order valence-corrected chi connectivity index (χ1v) is 7.70. The molecular weight excluding hydrogens is 262 g/mol. The van der Waals surface area contributed by atoms with Crippen LogP contribution in [0.25, 0.3) is 0 Å². The molecule has 1 unspecified atom stereocenters. The van der Waals surface area contributed by atoms with E-state index >= 15 is 0 Å². The SMILES string of the molecule is CCNC(C#N)(CN(CCOC)C1CC1)c1ccccc1. The second-order valence-electron chi connectivity index (χ2n) is 5.61. The third-order valence-electron chi connectivity index (χ3n) is 4.02. The van der Waals surface area contributed by atoms with Crippen LogP contribution < -0.4 is 5.32 Å². The number of methoxy groups -OCH3 is 1. The second-order valence-corrected chi connectivity index (χ2v) is 5.61. The first kappa shape index (κ1) is 16.0. The summed E-state index contributed by atoms with van der Waals surface area (Å²) in [6.45, 7) is 5.11. The fraction of sp³-hybridized carbons (Fsp3) is 0.588. The number of nitrogens with zero attached hydrogens (tertiary/aromatic N) is 2. The van der Waals surface area contributed by atoms with Crippen molar-refractivity contribution in [2.45, 2.75) is 31.3 Å². The minimum atomic E-state index is -0.646. The van der Waals surface area contributed by atoms with Gasteiger partial charge in [0.2, 0.25) is 0 Å². The Morgan fingerprint density at radius 1 is 1.38 bits per heavy atom. The minimum Gasteiger partial charge on any atom is -0.383 e. The normalized spacial score (nSPS) is 17.4. The molecule has 1 aliphatic rings. The van der Waals surface area contributed by atoms with Crippen LogP contribution >= 0.6 is 0 Å². The van der Waals surface area contributed by atoms with Crippen molar-refractivity contribution in [1.82, 2.24) is 10.2 Å². The highest BCUT2D eigenvalue weighted by molar-refractivity contribution is 5.32. The molecule has 0 spiro atoms. The lowest BCUT2D eigenvalue weighted by molar-refractivity contribution is 0.126. The molecule has 0 bridgehead atoms. The van der Waals surface area contributed by atoms with Crippen molar-refractivity contribution >= 4 is 0 Å². The van der Waals surface area contributed by atoms with E-state index in [0.29, 0.717) is 19.2 Å². The monoisotopic (exact) mass is 287 g/mol. The van der Waals surface area contributed by atoms with Crippen LogP contribution in [0.4, 0.5) is 0 Å². The number of hydrogen-bond acceptors (Lipinski definition) is 4. The Kier molecular flexibility index (Phi) is 5.75. The quantitative estimate of drug-likeness (QED) is 0.756. The standard InChI is InChI=1S/C17H25N3O/c1-3-19-17(13-18,15-7-5-4-6-8-15)14-20(11-12-21-2)16-9-10-16/h4-8,16,19H,3,9-12,14H2,1-2H3. The van der Waals surface area contributed by atoms with E-state index in [2.05, 4.69) is 16.3 Å². The first-order valence-electron chi connectivity index (χ1n) is 7.70. The van der Waals surface area contributed by atoms with Gasteiger partial charge in [-0.15, -0.1) is 0 Å². The third kappa shape index (κ3) is 4.04. The van der Waals surface area contributed by atoms with Gasteiger partial charge in [0.05, 0.1) is 12.7 Å². The molecule has 1 fully saturated rings. The molecule has 4 heteroatoms. The summed E-state index contributed by atoms with van der Waals surface area (Å²) in [6, 6.07) is 13.2. The minimum absolute atomic E-state index is 0.607. The van der Waals surface area contributed by atoms with Crippen molar-refractivity contribution in [2.24, 2.45) is 0 Å². The van der Waals surface area contributed by atoms with Gasteiger partial charge in [-0.1, -0.05) is 37.3 Å². The molecule has 0 aliphatic heterocycles. The Balaban J connectivity index is 2.20. The Bertz CT molecular complexity index is 467. The number of benzene rings is 1. The van der Waals surface area contributed by atoms with Crippen molar-refractivity contribution in [2.75, 3.05) is 33.4 Å². The van der Waals surface area contributed by atoms with Gasteiger partial charge in [-0.3, -0.25) is 10.2 Å². The maximum Gasteiger partial charge on any atom is 0.145 e. The zero-order valence-corrected chi connectivity index (χ0v) is 13.0. The predicted molar refractivity (Wildman–Crippen MR) is 83.9 cm³/mol. The van der Waals surface area contributed by atoms with Crippen LogP contribution in [-0.2, 0) is 10.3 Å². The molecule has 4 nitrogen and oxygen atoms in total. The third-order valence-corrected chi connectivity index (χ3v) is 4.02. The number of nitriles is 1. The highest BCUT2D eigenvalue weighted by Crippen LogP contribution is 2.30. The average Bonchev–Trinajstić information content (AvgIpc) is 3.36. The highest BCUT2D eigenvalue weighted by Gasteiger charge is 2.38. The average molecular weight is 287 g/mol. The van der Waals surface area contributed by atoms with E-state index in [1.807, 2.05) is 37.3 Å². The number of ether oxygens (including phenoxy) is 1. The van der Waals surface area contributed by atoms with Crippen LogP contribution in [0.15, 0.2) is 30.3 Å². The summed E-state index contributed by atoms with van der Waals surface area (Å²) >= 11 is 0. The van der Waals surface area contributed by atoms with Crippen LogP contribution in [0, 0.1) is 11.3 Å². The molecule has 1 aliphatic carbocycles. The van der Waals surface area contributed by atoms with Gasteiger partial charge in [0.1, 0.15) is 5.54 Å². The zero-order valence-electron chi connectivity index (χ0n) is 13.0. The van der Waals surface area contributed by atoms with Crippen LogP contribution in [0.2, 0.25) is 0 Å². The summed E-state index contributed by atoms with van der Waals surface area (Å²) in [4.78, 5) is 2.39. The summed E-state index contributed by atoms with van der Waals surface area (Å²) in [7, 11) is 1.73. The molecule has 2 rings (SSSR count). The summed E-state index contributed by atoms with van der Waals surface area (Å²) in [5.74, 6) is 0. The Labute approximate surface area is 127 Å². The summed E-state index contributed by atoms with van der Waals surface area (Å²) in [6.07, 6.45) is 2.46. The predicted octanol–water partition coefficient (Wildman–Crippen LogP) is 2.13. The molecule has 0 heterocycles. The van der Waals surface area contributed by atoms with E-state index in [4.69, 9.17) is 4.74 Å². The van der Waals surface area contributed by atoms with Gasteiger partial charge in [-0.25, -0.2) is 0 Å². The van der Waals surface area contributed by atoms with Gasteiger partial charge >= 0.3 is 0 Å². The van der Waals surface area contributed by atoms with Gasteiger partial charge in [-0.05, 0) is 24.9 Å². The number of likely N-dealkylation sites (N-methyl/N-ethyl adjacent to an activating group) is 1. The van der Waals surface area contributed by atoms with E-state index in [-0.39, 0.29) is 0 Å². The lowest BCUT2D eigenvalue weighted by atomic mass is 9.90. The van der Waals surface area contributed by atoms with Crippen LogP contribution in [0.1, 0.15) is 25.3 Å². The van der Waals surface area contributed by atoms with E-state index in [1.165, 1.54) is 12.8 Å². The number of nitrogens with one attached hydrogen (secondary N) is 1. The van der Waals surface area contributed by atoms with Crippen molar-refractivity contribution < 1.29 is 4.74 Å². The van der Waals surface area contributed by atoms with E-state index in [9.17, 15) is 5.26 Å². The molecule has 0 radical (unpaired) electrons. The second kappa shape index (κ2) is 7.56. The maximum absolute atomic E-state index is 9.87. The molecule has 114 valence electrons. The number of rotatable bonds is 9. The fourth-order valence-corrected chi connectivity index (χ4v) is 2.76. The van der Waals surface area contributed by atoms with Gasteiger partial charge in [0.25, 0.3) is 0 Å². The Morgan fingerprint density at radius 2 is 2.10 bits per heavy atom. The molecule has 1 aromatic rings. The first-order chi connectivity index (χ1) is 10.3. The smallest absolute Gasteiger partial charge is 0.145 e. The summed E-state index contributed by atoms with van der Waals surface area (Å²) in [5.41, 5.74) is 0.393. The van der Waals surface area contributed by atoms with E-state index in [0.717, 1.165) is 18.7 Å². The van der Waals surface area contributed by atoms with Crippen molar-refractivity contribution in [3.05, 3.63) is 35.9 Å². The van der Waals surface area contributed by atoms with Crippen LogP contribution in [0.3, 0.4) is 0 Å². The summed E-state index contributed by atoms with van der Waals surface area (Å²) < 4.78 is 5.22. The molecule has 21 heavy (non-hydrogen) atoms. The molecule has 1 atom stereocenters. The van der Waals surface area contributed by atoms with Crippen molar-refractivity contribution in [1.29, 1.82) is 5.26 Å². The Hall–Kier alpha value is -1.41. The maximum atomic E-state index is 9.87. The van der Waals surface area contributed by atoms with Crippen molar-refractivity contribution in [3.63, 3.8) is 0 Å². The number of hydrogen-bond donors (Lipinski definition) is 1. The van der Waals surface area contributed by atoms with Crippen LogP contribution in [-0.4, -0.2) is 44.3 Å². The van der Waals surface area contributed by atoms with Gasteiger partial charge in [-0.2, -0.15) is 5.26 Å². The molecule has 1 N–H and O–H groups in total. The molecule has 1 saturated carbocycles. The highest BCUT2D eigenvalue weighted by atomic mass is 16.5. The Morgan fingerprint density at radius 3 is 2.62 bits per heavy atom. The topological polar surface area (TPSA) is 48.3 Å².